The quantitative estimate of drug-likeness (QED) is 0.454. The summed E-state index contributed by atoms with van der Waals surface area (Å²) in [5, 5.41) is 22.3. The van der Waals surface area contributed by atoms with Crippen molar-refractivity contribution in [3.05, 3.63) is 53.6 Å². The average molecular weight is 320 g/mol. The number of hydrogen-bond acceptors (Lipinski definition) is 3. The highest BCUT2D eigenvalue weighted by molar-refractivity contribution is 6.24. The lowest BCUT2D eigenvalue weighted by Crippen LogP contribution is -2.14. The lowest BCUT2D eigenvalue weighted by molar-refractivity contribution is 0.0694. The molecular formula is C18H12N2O4. The van der Waals surface area contributed by atoms with Gasteiger partial charge in [0.1, 0.15) is 11.3 Å². The first kappa shape index (κ1) is 14.1. The first-order chi connectivity index (χ1) is 11.5. The van der Waals surface area contributed by atoms with Crippen LogP contribution in [0.5, 0.6) is 5.75 Å². The van der Waals surface area contributed by atoms with E-state index in [0.717, 1.165) is 16.3 Å². The second kappa shape index (κ2) is 4.73. The molecule has 0 unspecified atom stereocenters. The number of carboxylic acids is 1. The van der Waals surface area contributed by atoms with Crippen molar-refractivity contribution in [3.63, 3.8) is 0 Å². The number of fused-ring (bicyclic) bond motifs is 5. The van der Waals surface area contributed by atoms with Crippen molar-refractivity contribution in [3.8, 4) is 5.75 Å². The third-order valence-corrected chi connectivity index (χ3v) is 4.23. The smallest absolute Gasteiger partial charge is 0.339 e. The van der Waals surface area contributed by atoms with Gasteiger partial charge in [-0.1, -0.05) is 30.3 Å². The van der Waals surface area contributed by atoms with E-state index in [1.54, 1.807) is 6.07 Å². The maximum Gasteiger partial charge on any atom is 0.339 e. The molecule has 0 saturated heterocycles. The van der Waals surface area contributed by atoms with Crippen LogP contribution in [0, 0.1) is 0 Å². The zero-order valence-corrected chi connectivity index (χ0v) is 12.3. The van der Waals surface area contributed by atoms with Crippen LogP contribution in [0.3, 0.4) is 0 Å². The molecular weight excluding hydrogens is 308 g/mol. The summed E-state index contributed by atoms with van der Waals surface area (Å²) in [5.41, 5.74) is 6.39. The number of hydrogen-bond donors (Lipinski definition) is 4. The van der Waals surface area contributed by atoms with Gasteiger partial charge < -0.3 is 20.9 Å². The van der Waals surface area contributed by atoms with Crippen molar-refractivity contribution in [2.75, 3.05) is 0 Å². The van der Waals surface area contributed by atoms with Crippen molar-refractivity contribution < 1.29 is 19.8 Å². The highest BCUT2D eigenvalue weighted by Gasteiger charge is 2.23. The fourth-order valence-electron chi connectivity index (χ4n) is 3.20. The largest absolute Gasteiger partial charge is 0.506 e. The molecule has 24 heavy (non-hydrogen) atoms. The molecule has 0 aliphatic rings. The van der Waals surface area contributed by atoms with Crippen molar-refractivity contribution in [2.24, 2.45) is 5.73 Å². The first-order valence-electron chi connectivity index (χ1n) is 7.21. The van der Waals surface area contributed by atoms with E-state index >= 15 is 0 Å². The second-order valence-corrected chi connectivity index (χ2v) is 5.57. The zero-order valence-electron chi connectivity index (χ0n) is 12.3. The Hall–Kier alpha value is -3.54. The number of aromatic carboxylic acids is 1. The fourth-order valence-corrected chi connectivity index (χ4v) is 3.20. The van der Waals surface area contributed by atoms with E-state index in [1.165, 1.54) is 6.07 Å². The molecule has 0 spiro atoms. The number of phenols is 1. The number of rotatable bonds is 2. The number of amides is 1. The van der Waals surface area contributed by atoms with Crippen LogP contribution >= 0.6 is 0 Å². The Morgan fingerprint density at radius 2 is 1.79 bits per heavy atom. The maximum absolute atomic E-state index is 11.9. The minimum absolute atomic E-state index is 0.193. The highest BCUT2D eigenvalue weighted by Crippen LogP contribution is 2.37. The van der Waals surface area contributed by atoms with Crippen LogP contribution in [-0.2, 0) is 0 Å². The van der Waals surface area contributed by atoms with Gasteiger partial charge in [-0.2, -0.15) is 0 Å². The van der Waals surface area contributed by atoms with Gasteiger partial charge >= 0.3 is 5.97 Å². The topological polar surface area (TPSA) is 116 Å². The highest BCUT2D eigenvalue weighted by atomic mass is 16.4. The van der Waals surface area contributed by atoms with Crippen LogP contribution in [-0.4, -0.2) is 27.1 Å². The van der Waals surface area contributed by atoms with Gasteiger partial charge in [-0.3, -0.25) is 4.79 Å². The SMILES string of the molecule is NC(=O)c1c(O)c(C(=O)O)cc2ccc3c4ccccc4[nH]c3c12. The van der Waals surface area contributed by atoms with Crippen molar-refractivity contribution >= 4 is 44.5 Å². The van der Waals surface area contributed by atoms with Gasteiger partial charge in [0, 0.05) is 21.7 Å². The van der Waals surface area contributed by atoms with Crippen molar-refractivity contribution in [2.45, 2.75) is 0 Å². The van der Waals surface area contributed by atoms with E-state index < -0.39 is 17.6 Å². The van der Waals surface area contributed by atoms with E-state index in [4.69, 9.17) is 5.73 Å². The van der Waals surface area contributed by atoms with Crippen LogP contribution < -0.4 is 5.73 Å². The van der Waals surface area contributed by atoms with E-state index in [-0.39, 0.29) is 11.1 Å². The van der Waals surface area contributed by atoms with Gasteiger partial charge in [0.25, 0.3) is 5.91 Å². The number of aromatic hydroxyl groups is 1. The number of nitrogens with two attached hydrogens (primary N) is 1. The third-order valence-electron chi connectivity index (χ3n) is 4.23. The number of aromatic nitrogens is 1. The molecule has 0 saturated carbocycles. The summed E-state index contributed by atoms with van der Waals surface area (Å²) in [6, 6.07) is 12.5. The number of benzene rings is 3. The number of H-pyrrole nitrogens is 1. The molecule has 0 radical (unpaired) electrons. The number of primary amides is 1. The summed E-state index contributed by atoms with van der Waals surface area (Å²) >= 11 is 0. The Kier molecular flexibility index (Phi) is 2.77. The summed E-state index contributed by atoms with van der Waals surface area (Å²) in [6.07, 6.45) is 0. The number of nitrogens with one attached hydrogen (secondary N) is 1. The molecule has 1 heterocycles. The Labute approximate surface area is 135 Å². The fraction of sp³-hybridized carbons (Fsp3) is 0. The molecule has 0 aliphatic heterocycles. The van der Waals surface area contributed by atoms with Gasteiger partial charge in [-0.25, -0.2) is 4.79 Å². The molecule has 0 atom stereocenters. The lowest BCUT2D eigenvalue weighted by Gasteiger charge is -2.10. The first-order valence-corrected chi connectivity index (χ1v) is 7.21. The van der Waals surface area contributed by atoms with Gasteiger partial charge in [0.05, 0.1) is 11.1 Å². The van der Waals surface area contributed by atoms with Crippen LogP contribution in [0.4, 0.5) is 0 Å². The Morgan fingerprint density at radius 1 is 1.04 bits per heavy atom. The minimum Gasteiger partial charge on any atom is -0.506 e. The van der Waals surface area contributed by atoms with E-state index in [9.17, 15) is 19.8 Å². The molecule has 118 valence electrons. The van der Waals surface area contributed by atoms with Crippen molar-refractivity contribution in [1.82, 2.24) is 4.98 Å². The number of carbonyl (C=O) groups is 2. The Morgan fingerprint density at radius 3 is 2.50 bits per heavy atom. The molecule has 0 fully saturated rings. The second-order valence-electron chi connectivity index (χ2n) is 5.57. The summed E-state index contributed by atoms with van der Waals surface area (Å²) < 4.78 is 0. The number of aromatic amines is 1. The zero-order chi connectivity index (χ0) is 17.0. The van der Waals surface area contributed by atoms with Crippen molar-refractivity contribution in [1.29, 1.82) is 0 Å². The average Bonchev–Trinajstić information content (AvgIpc) is 2.92. The van der Waals surface area contributed by atoms with Gasteiger partial charge in [-0.05, 0) is 17.5 Å². The van der Waals surface area contributed by atoms with Crippen LogP contribution in [0.25, 0.3) is 32.6 Å². The third kappa shape index (κ3) is 1.77. The molecule has 6 nitrogen and oxygen atoms in total. The standard InChI is InChI=1S/C18H12N2O4/c19-17(22)14-13-8(7-11(16(14)21)18(23)24)5-6-10-9-3-1-2-4-12(9)20-15(10)13/h1-7,20-21H,(H2,19,22)(H,23,24). The van der Waals surface area contributed by atoms with Gasteiger partial charge in [0.2, 0.25) is 0 Å². The number of para-hydroxylation sites is 1. The monoisotopic (exact) mass is 320 g/mol. The van der Waals surface area contributed by atoms with E-state index in [0.29, 0.717) is 16.3 Å². The van der Waals surface area contributed by atoms with Gasteiger partial charge in [-0.15, -0.1) is 0 Å². The molecule has 4 aromatic rings. The predicted molar refractivity (Wildman–Crippen MR) is 90.5 cm³/mol. The number of carbonyl (C=O) groups excluding carboxylic acids is 1. The lowest BCUT2D eigenvalue weighted by atomic mass is 9.96. The molecule has 3 aromatic carbocycles. The Bertz CT molecular complexity index is 1170. The molecule has 1 amide bonds. The van der Waals surface area contributed by atoms with Crippen LogP contribution in [0.2, 0.25) is 0 Å². The Balaban J connectivity index is 2.29. The van der Waals surface area contributed by atoms with E-state index in [2.05, 4.69) is 4.98 Å². The van der Waals surface area contributed by atoms with E-state index in [1.807, 2.05) is 30.3 Å². The van der Waals surface area contributed by atoms with Crippen LogP contribution in [0.15, 0.2) is 42.5 Å². The maximum atomic E-state index is 11.9. The molecule has 1 aromatic heterocycles. The molecule has 0 bridgehead atoms. The normalized spacial score (nSPS) is 11.3. The van der Waals surface area contributed by atoms with Gasteiger partial charge in [0.15, 0.2) is 0 Å². The predicted octanol–water partition coefficient (Wildman–Crippen LogP) is 2.98. The molecule has 6 heteroatoms. The van der Waals surface area contributed by atoms with Crippen LogP contribution in [0.1, 0.15) is 20.7 Å². The summed E-state index contributed by atoms with van der Waals surface area (Å²) in [5.74, 6) is -2.82. The minimum atomic E-state index is -1.33. The number of carboxylic acid groups (broad SMARTS) is 1. The summed E-state index contributed by atoms with van der Waals surface area (Å²) in [6.45, 7) is 0. The molecule has 4 rings (SSSR count). The molecule has 5 N–H and O–H groups in total. The molecule has 0 aliphatic carbocycles. The summed E-state index contributed by atoms with van der Waals surface area (Å²) in [7, 11) is 0. The summed E-state index contributed by atoms with van der Waals surface area (Å²) in [4.78, 5) is 26.5.